The maximum absolute atomic E-state index is 12.4. The van der Waals surface area contributed by atoms with Crippen molar-refractivity contribution in [2.75, 3.05) is 20.3 Å². The first-order valence-corrected chi connectivity index (χ1v) is 9.06. The molecule has 2 rings (SSSR count). The summed E-state index contributed by atoms with van der Waals surface area (Å²) >= 11 is 8.50. The van der Waals surface area contributed by atoms with Crippen molar-refractivity contribution in [3.63, 3.8) is 0 Å². The quantitative estimate of drug-likeness (QED) is 0.631. The lowest BCUT2D eigenvalue weighted by Gasteiger charge is -2.14. The lowest BCUT2D eigenvalue weighted by Crippen LogP contribution is -2.26. The van der Waals surface area contributed by atoms with Crippen LogP contribution in [0, 0.1) is 4.77 Å². The van der Waals surface area contributed by atoms with Gasteiger partial charge in [0, 0.05) is 25.6 Å². The highest BCUT2D eigenvalue weighted by atomic mass is 79.9. The maximum atomic E-state index is 12.4. The first-order valence-electron chi connectivity index (χ1n) is 7.86. The summed E-state index contributed by atoms with van der Waals surface area (Å²) in [6.07, 6.45) is 1.46. The Balaban J connectivity index is 2.04. The number of aromatic nitrogens is 3. The Hall–Kier alpha value is -1.87. The van der Waals surface area contributed by atoms with E-state index in [9.17, 15) is 4.79 Å². The van der Waals surface area contributed by atoms with Crippen LogP contribution in [0.25, 0.3) is 0 Å². The van der Waals surface area contributed by atoms with E-state index in [4.69, 9.17) is 21.7 Å². The van der Waals surface area contributed by atoms with Crippen molar-refractivity contribution < 1.29 is 14.3 Å². The zero-order chi connectivity index (χ0) is 18.4. The van der Waals surface area contributed by atoms with Crippen LogP contribution < -0.4 is 14.8 Å². The van der Waals surface area contributed by atoms with Gasteiger partial charge in [-0.1, -0.05) is 6.92 Å². The first kappa shape index (κ1) is 19.5. The van der Waals surface area contributed by atoms with Gasteiger partial charge in [-0.25, -0.2) is 0 Å². The van der Waals surface area contributed by atoms with Gasteiger partial charge < -0.3 is 19.4 Å². The molecule has 0 unspecified atom stereocenters. The summed E-state index contributed by atoms with van der Waals surface area (Å²) in [7, 11) is 3.38. The van der Waals surface area contributed by atoms with Crippen molar-refractivity contribution in [1.29, 1.82) is 0 Å². The molecule has 0 aliphatic heterocycles. The second-order valence-corrected chi connectivity index (χ2v) is 6.59. The van der Waals surface area contributed by atoms with E-state index in [1.165, 1.54) is 0 Å². The number of aromatic amines is 1. The fourth-order valence-corrected chi connectivity index (χ4v) is 2.90. The minimum Gasteiger partial charge on any atom is -0.493 e. The predicted octanol–water partition coefficient (Wildman–Crippen LogP) is 3.01. The molecule has 2 aromatic rings. The van der Waals surface area contributed by atoms with E-state index in [1.54, 1.807) is 23.8 Å². The van der Waals surface area contributed by atoms with Crippen LogP contribution >= 0.6 is 28.1 Å². The second-order valence-electron chi connectivity index (χ2n) is 5.35. The van der Waals surface area contributed by atoms with Gasteiger partial charge in [0.2, 0.25) is 0 Å². The molecule has 0 aliphatic rings. The van der Waals surface area contributed by atoms with Crippen LogP contribution in [0.2, 0.25) is 0 Å². The Kier molecular flexibility index (Phi) is 7.01. The van der Waals surface area contributed by atoms with Crippen LogP contribution in [0.4, 0.5) is 0 Å². The van der Waals surface area contributed by atoms with Crippen molar-refractivity contribution in [3.8, 4) is 11.5 Å². The monoisotopic (exact) mass is 428 g/mol. The van der Waals surface area contributed by atoms with Crippen LogP contribution in [0.5, 0.6) is 11.5 Å². The van der Waals surface area contributed by atoms with Crippen LogP contribution in [-0.4, -0.2) is 40.9 Å². The normalized spacial score (nSPS) is 10.6. The van der Waals surface area contributed by atoms with E-state index in [-0.39, 0.29) is 5.91 Å². The molecule has 25 heavy (non-hydrogen) atoms. The van der Waals surface area contributed by atoms with Crippen molar-refractivity contribution in [3.05, 3.63) is 32.8 Å². The van der Waals surface area contributed by atoms with E-state index in [0.29, 0.717) is 45.9 Å². The number of methoxy groups -OCH3 is 1. The number of amides is 1. The molecular formula is C16H21BrN4O3S. The number of carbonyl (C=O) groups is 1. The van der Waals surface area contributed by atoms with E-state index in [0.717, 1.165) is 12.2 Å². The minimum absolute atomic E-state index is 0.196. The molecule has 9 heteroatoms. The molecule has 0 saturated carbocycles. The van der Waals surface area contributed by atoms with Crippen LogP contribution in [0.1, 0.15) is 29.5 Å². The Bertz CT molecular complexity index is 803. The molecule has 136 valence electrons. The molecule has 0 bridgehead atoms. The fraction of sp³-hybridized carbons (Fsp3) is 0.438. The summed E-state index contributed by atoms with van der Waals surface area (Å²) in [5.74, 6) is 1.70. The molecule has 0 spiro atoms. The van der Waals surface area contributed by atoms with Crippen molar-refractivity contribution >= 4 is 34.1 Å². The first-order chi connectivity index (χ1) is 12.0. The Morgan fingerprint density at radius 3 is 2.84 bits per heavy atom. The molecule has 0 radical (unpaired) electrons. The van der Waals surface area contributed by atoms with Crippen molar-refractivity contribution in [2.24, 2.45) is 7.05 Å². The minimum atomic E-state index is -0.196. The Labute approximate surface area is 159 Å². The summed E-state index contributed by atoms with van der Waals surface area (Å²) in [6, 6.07) is 3.39. The predicted molar refractivity (Wildman–Crippen MR) is 101 cm³/mol. The van der Waals surface area contributed by atoms with Gasteiger partial charge in [0.25, 0.3) is 5.91 Å². The van der Waals surface area contributed by atoms with E-state index in [2.05, 4.69) is 31.4 Å². The number of carbonyl (C=O) groups excluding carboxylic acids is 1. The second kappa shape index (κ2) is 9.00. The number of ether oxygens (including phenoxy) is 2. The number of nitrogens with one attached hydrogen (secondary N) is 2. The summed E-state index contributed by atoms with van der Waals surface area (Å²) in [5, 5.41) is 9.70. The highest BCUT2D eigenvalue weighted by Crippen LogP contribution is 2.36. The Morgan fingerprint density at radius 1 is 1.48 bits per heavy atom. The van der Waals surface area contributed by atoms with Crippen LogP contribution in [-0.2, 0) is 13.5 Å². The van der Waals surface area contributed by atoms with Gasteiger partial charge in [-0.2, -0.15) is 5.10 Å². The molecule has 1 aromatic carbocycles. The van der Waals surface area contributed by atoms with Gasteiger partial charge in [0.05, 0.1) is 18.2 Å². The number of benzene rings is 1. The molecule has 0 atom stereocenters. The highest BCUT2D eigenvalue weighted by Gasteiger charge is 2.15. The third kappa shape index (κ3) is 4.82. The molecular weight excluding hydrogens is 408 g/mol. The molecule has 0 saturated heterocycles. The molecule has 7 nitrogen and oxygen atoms in total. The number of H-pyrrole nitrogens is 1. The Morgan fingerprint density at radius 2 is 2.24 bits per heavy atom. The number of hydrogen-bond acceptors (Lipinski definition) is 5. The zero-order valence-electron chi connectivity index (χ0n) is 14.4. The average Bonchev–Trinajstić information content (AvgIpc) is 2.92. The standard InChI is InChI=1S/C16H21BrN4O3S/c1-4-7-24-14-11(17)8-10(9-12(14)23-3)15(22)18-6-5-13-19-20-16(25)21(13)2/h8-9H,4-7H2,1-3H3,(H,18,22)(H,20,25). The average molecular weight is 429 g/mol. The van der Waals surface area contributed by atoms with E-state index >= 15 is 0 Å². The molecule has 2 N–H and O–H groups in total. The summed E-state index contributed by atoms with van der Waals surface area (Å²) in [5.41, 5.74) is 0.489. The summed E-state index contributed by atoms with van der Waals surface area (Å²) < 4.78 is 14.0. The van der Waals surface area contributed by atoms with E-state index < -0.39 is 0 Å². The molecule has 0 fully saturated rings. The molecule has 1 aromatic heterocycles. The lowest BCUT2D eigenvalue weighted by molar-refractivity contribution is 0.0953. The van der Waals surface area contributed by atoms with Crippen LogP contribution in [0.15, 0.2) is 16.6 Å². The number of nitrogens with zero attached hydrogens (tertiary/aromatic N) is 2. The molecule has 0 aliphatic carbocycles. The van der Waals surface area contributed by atoms with Crippen molar-refractivity contribution in [2.45, 2.75) is 19.8 Å². The van der Waals surface area contributed by atoms with Gasteiger partial charge in [0.15, 0.2) is 16.3 Å². The smallest absolute Gasteiger partial charge is 0.251 e. The fourth-order valence-electron chi connectivity index (χ4n) is 2.19. The molecule has 1 amide bonds. The van der Waals surface area contributed by atoms with Gasteiger partial charge in [-0.05, 0) is 46.7 Å². The lowest BCUT2D eigenvalue weighted by atomic mass is 10.2. The summed E-state index contributed by atoms with van der Waals surface area (Å²) in [6.45, 7) is 3.04. The number of hydrogen-bond donors (Lipinski definition) is 2. The van der Waals surface area contributed by atoms with Gasteiger partial charge in [-0.15, -0.1) is 0 Å². The highest BCUT2D eigenvalue weighted by molar-refractivity contribution is 9.10. The zero-order valence-corrected chi connectivity index (χ0v) is 16.8. The largest absolute Gasteiger partial charge is 0.493 e. The van der Waals surface area contributed by atoms with Gasteiger partial charge in [0.1, 0.15) is 5.82 Å². The SMILES string of the molecule is CCCOc1c(Br)cc(C(=O)NCCc2n[nH]c(=S)n2C)cc1OC. The molecule has 1 heterocycles. The van der Waals surface area contributed by atoms with Gasteiger partial charge in [-0.3, -0.25) is 9.89 Å². The summed E-state index contributed by atoms with van der Waals surface area (Å²) in [4.78, 5) is 12.4. The third-order valence-electron chi connectivity index (χ3n) is 3.55. The number of rotatable bonds is 8. The third-order valence-corrected chi connectivity index (χ3v) is 4.50. The topological polar surface area (TPSA) is 81.2 Å². The van der Waals surface area contributed by atoms with Crippen molar-refractivity contribution in [1.82, 2.24) is 20.1 Å². The number of halogens is 1. The van der Waals surface area contributed by atoms with Gasteiger partial charge >= 0.3 is 0 Å². The maximum Gasteiger partial charge on any atom is 0.251 e. The van der Waals surface area contributed by atoms with E-state index in [1.807, 2.05) is 14.0 Å². The van der Waals surface area contributed by atoms with Crippen LogP contribution in [0.3, 0.4) is 0 Å².